The second kappa shape index (κ2) is 8.47. The van der Waals surface area contributed by atoms with Crippen LogP contribution in [0.1, 0.15) is 16.1 Å². The second-order valence-corrected chi connectivity index (χ2v) is 9.08. The molecule has 10 heteroatoms. The number of hydrogen-bond donors (Lipinski definition) is 1. The number of carbonyl (C=O) groups excluding carboxylic acids is 1. The first kappa shape index (κ1) is 21.8. The number of halogens is 1. The van der Waals surface area contributed by atoms with Crippen molar-refractivity contribution < 1.29 is 17.9 Å². The lowest BCUT2D eigenvalue weighted by molar-refractivity contribution is 0.102. The molecule has 3 aromatic rings. The van der Waals surface area contributed by atoms with Crippen molar-refractivity contribution in [3.05, 3.63) is 64.9 Å². The summed E-state index contributed by atoms with van der Waals surface area (Å²) >= 11 is 6.44. The zero-order valence-electron chi connectivity index (χ0n) is 16.9. The van der Waals surface area contributed by atoms with Gasteiger partial charge in [-0.1, -0.05) is 29.8 Å². The molecule has 3 rings (SSSR count). The van der Waals surface area contributed by atoms with E-state index in [1.54, 1.807) is 13.0 Å². The lowest BCUT2D eigenvalue weighted by atomic mass is 10.2. The highest BCUT2D eigenvalue weighted by atomic mass is 35.5. The van der Waals surface area contributed by atoms with Crippen LogP contribution in [-0.2, 0) is 10.0 Å². The molecule has 0 saturated heterocycles. The quantitative estimate of drug-likeness (QED) is 0.624. The SMILES string of the molecule is COc1ccc(NC(=O)c2c(C)nn(-c3ccccc3)c2Cl)cc1S(=O)(=O)N(C)C. The van der Waals surface area contributed by atoms with Crippen LogP contribution in [0.2, 0.25) is 5.15 Å². The smallest absolute Gasteiger partial charge is 0.260 e. The molecule has 0 aliphatic heterocycles. The molecule has 0 unspecified atom stereocenters. The molecular formula is C20H21ClN4O4S. The number of hydrogen-bond acceptors (Lipinski definition) is 5. The van der Waals surface area contributed by atoms with Crippen LogP contribution >= 0.6 is 11.6 Å². The van der Waals surface area contributed by atoms with Gasteiger partial charge in [0.2, 0.25) is 10.0 Å². The summed E-state index contributed by atoms with van der Waals surface area (Å²) in [5, 5.41) is 7.20. The van der Waals surface area contributed by atoms with Crippen LogP contribution in [-0.4, -0.2) is 49.6 Å². The van der Waals surface area contributed by atoms with E-state index in [9.17, 15) is 13.2 Å². The number of sulfonamides is 1. The Bertz CT molecular complexity index is 1190. The van der Waals surface area contributed by atoms with E-state index in [-0.39, 0.29) is 27.0 Å². The number of ether oxygens (including phenoxy) is 1. The van der Waals surface area contributed by atoms with E-state index >= 15 is 0 Å². The minimum Gasteiger partial charge on any atom is -0.495 e. The number of methoxy groups -OCH3 is 1. The minimum atomic E-state index is -3.78. The molecule has 158 valence electrons. The molecule has 1 aromatic heterocycles. The number of carbonyl (C=O) groups is 1. The zero-order valence-corrected chi connectivity index (χ0v) is 18.5. The molecule has 0 saturated carbocycles. The summed E-state index contributed by atoms with van der Waals surface area (Å²) in [5.74, 6) is -0.328. The maximum atomic E-state index is 12.9. The van der Waals surface area contributed by atoms with Crippen LogP contribution in [0.3, 0.4) is 0 Å². The first-order valence-electron chi connectivity index (χ1n) is 8.89. The van der Waals surface area contributed by atoms with E-state index in [1.807, 2.05) is 30.3 Å². The topological polar surface area (TPSA) is 93.5 Å². The lowest BCUT2D eigenvalue weighted by Crippen LogP contribution is -2.23. The van der Waals surface area contributed by atoms with Gasteiger partial charge in [0.15, 0.2) is 0 Å². The van der Waals surface area contributed by atoms with E-state index in [2.05, 4.69) is 10.4 Å². The number of aryl methyl sites for hydroxylation is 1. The van der Waals surface area contributed by atoms with Crippen molar-refractivity contribution in [3.63, 3.8) is 0 Å². The molecule has 1 heterocycles. The van der Waals surface area contributed by atoms with Gasteiger partial charge in [-0.3, -0.25) is 4.79 Å². The van der Waals surface area contributed by atoms with Gasteiger partial charge >= 0.3 is 0 Å². The molecule has 0 atom stereocenters. The van der Waals surface area contributed by atoms with E-state index in [0.29, 0.717) is 11.4 Å². The van der Waals surface area contributed by atoms with Crippen LogP contribution in [0, 0.1) is 6.92 Å². The maximum absolute atomic E-state index is 12.9. The van der Waals surface area contributed by atoms with Gasteiger partial charge in [0.05, 0.1) is 18.5 Å². The second-order valence-electron chi connectivity index (χ2n) is 6.61. The highest BCUT2D eigenvalue weighted by Crippen LogP contribution is 2.30. The van der Waals surface area contributed by atoms with Gasteiger partial charge < -0.3 is 10.1 Å². The maximum Gasteiger partial charge on any atom is 0.260 e. The van der Waals surface area contributed by atoms with Crippen LogP contribution in [0.15, 0.2) is 53.4 Å². The van der Waals surface area contributed by atoms with Crippen molar-refractivity contribution in [1.29, 1.82) is 0 Å². The summed E-state index contributed by atoms with van der Waals surface area (Å²) in [6.45, 7) is 1.68. The molecule has 0 spiro atoms. The van der Waals surface area contributed by atoms with Gasteiger partial charge in [0.25, 0.3) is 5.91 Å². The molecule has 0 aliphatic rings. The number of benzene rings is 2. The summed E-state index contributed by atoms with van der Waals surface area (Å²) in [4.78, 5) is 12.9. The average molecular weight is 449 g/mol. The Morgan fingerprint density at radius 3 is 2.43 bits per heavy atom. The summed E-state index contributed by atoms with van der Waals surface area (Å²) < 4.78 is 32.9. The molecular weight excluding hydrogens is 428 g/mol. The molecule has 0 aliphatic carbocycles. The van der Waals surface area contributed by atoms with E-state index < -0.39 is 15.9 Å². The molecule has 2 aromatic carbocycles. The van der Waals surface area contributed by atoms with Gasteiger partial charge in [-0.2, -0.15) is 5.10 Å². The van der Waals surface area contributed by atoms with Gasteiger partial charge in [-0.05, 0) is 37.3 Å². The average Bonchev–Trinajstić information content (AvgIpc) is 3.02. The van der Waals surface area contributed by atoms with Gasteiger partial charge in [-0.15, -0.1) is 0 Å². The van der Waals surface area contributed by atoms with Crippen molar-refractivity contribution in [3.8, 4) is 11.4 Å². The number of rotatable bonds is 6. The number of anilines is 1. The highest BCUT2D eigenvalue weighted by molar-refractivity contribution is 7.89. The highest BCUT2D eigenvalue weighted by Gasteiger charge is 2.25. The molecule has 0 bridgehead atoms. The van der Waals surface area contributed by atoms with E-state index in [1.165, 1.54) is 38.0 Å². The Morgan fingerprint density at radius 1 is 1.17 bits per heavy atom. The number of para-hydroxylation sites is 1. The molecule has 8 nitrogen and oxygen atoms in total. The van der Waals surface area contributed by atoms with Crippen molar-refractivity contribution in [2.75, 3.05) is 26.5 Å². The molecule has 0 fully saturated rings. The number of aromatic nitrogens is 2. The third-order valence-corrected chi connectivity index (χ3v) is 6.60. The third-order valence-electron chi connectivity index (χ3n) is 4.41. The minimum absolute atomic E-state index is 0.0596. The fraction of sp³-hybridized carbons (Fsp3) is 0.200. The van der Waals surface area contributed by atoms with Gasteiger partial charge in [0, 0.05) is 19.8 Å². The standard InChI is InChI=1S/C20H21ClN4O4S/c1-13-18(19(21)25(23-13)15-8-6-5-7-9-15)20(26)22-14-10-11-16(29-4)17(12-14)30(27,28)24(2)3/h5-12H,1-4H3,(H,22,26). The Balaban J connectivity index is 1.97. The predicted molar refractivity (Wildman–Crippen MR) is 115 cm³/mol. The van der Waals surface area contributed by atoms with Crippen LogP contribution in [0.4, 0.5) is 5.69 Å². The Morgan fingerprint density at radius 2 is 1.83 bits per heavy atom. The normalized spacial score (nSPS) is 11.5. The summed E-state index contributed by atoms with van der Waals surface area (Å²) in [5.41, 5.74) is 1.64. The largest absolute Gasteiger partial charge is 0.495 e. The third kappa shape index (κ3) is 4.04. The van der Waals surface area contributed by atoms with Gasteiger partial charge in [-0.25, -0.2) is 17.4 Å². The first-order valence-corrected chi connectivity index (χ1v) is 10.7. The van der Waals surface area contributed by atoms with Crippen LogP contribution in [0.5, 0.6) is 5.75 Å². The Labute approximate surface area is 180 Å². The summed E-state index contributed by atoms with van der Waals surface area (Å²) in [6.07, 6.45) is 0. The monoisotopic (exact) mass is 448 g/mol. The number of nitrogens with one attached hydrogen (secondary N) is 1. The molecule has 30 heavy (non-hydrogen) atoms. The molecule has 0 radical (unpaired) electrons. The first-order chi connectivity index (χ1) is 14.2. The van der Waals surface area contributed by atoms with Crippen molar-refractivity contribution in [2.45, 2.75) is 11.8 Å². The fourth-order valence-electron chi connectivity index (χ4n) is 2.84. The van der Waals surface area contributed by atoms with Crippen molar-refractivity contribution in [1.82, 2.24) is 14.1 Å². The van der Waals surface area contributed by atoms with E-state index in [0.717, 1.165) is 4.31 Å². The van der Waals surface area contributed by atoms with E-state index in [4.69, 9.17) is 16.3 Å². The summed E-state index contributed by atoms with van der Waals surface area (Å²) in [6, 6.07) is 13.6. The molecule has 1 amide bonds. The Kier molecular flexibility index (Phi) is 6.16. The zero-order chi connectivity index (χ0) is 22.1. The van der Waals surface area contributed by atoms with Crippen molar-refractivity contribution in [2.24, 2.45) is 0 Å². The lowest BCUT2D eigenvalue weighted by Gasteiger charge is -2.16. The molecule has 1 N–H and O–H groups in total. The Hall–Kier alpha value is -2.88. The predicted octanol–water partition coefficient (Wildman–Crippen LogP) is 3.35. The van der Waals surface area contributed by atoms with Crippen LogP contribution < -0.4 is 10.1 Å². The van der Waals surface area contributed by atoms with Crippen LogP contribution in [0.25, 0.3) is 5.69 Å². The van der Waals surface area contributed by atoms with Crippen molar-refractivity contribution >= 4 is 33.2 Å². The number of nitrogens with zero attached hydrogens (tertiary/aromatic N) is 3. The van der Waals surface area contributed by atoms with Gasteiger partial charge in [0.1, 0.15) is 21.4 Å². The number of amides is 1. The fourth-order valence-corrected chi connectivity index (χ4v) is 4.28. The summed E-state index contributed by atoms with van der Waals surface area (Å²) in [7, 11) is 0.438.